The summed E-state index contributed by atoms with van der Waals surface area (Å²) in [5.41, 5.74) is 6.85. The Morgan fingerprint density at radius 2 is 2.02 bits per heavy atom. The standard InChI is InChI=1S/C28H35N5O5S2/c1-32(2)28-31-15-24(39-28)40(36)16-18-9-11-33(26(18)34)22(27(35)38-20-6-4-5-7-20)13-19-12-17-8-10-30-25(29)21(17)14-23(19)37-3/h8,10,12,14-15,18,20,22H,4-7,9,11,13,16H2,1-3H3,(H2,29,30)/t18?,22-,40?/m1/s1. The van der Waals surface area contributed by atoms with Gasteiger partial charge in [-0.2, -0.15) is 0 Å². The number of ether oxygens (including phenoxy) is 2. The van der Waals surface area contributed by atoms with Crippen molar-refractivity contribution >= 4 is 55.7 Å². The molecule has 5 rings (SSSR count). The minimum absolute atomic E-state index is 0.127. The molecule has 1 saturated heterocycles. The molecular weight excluding hydrogens is 550 g/mol. The zero-order valence-corrected chi connectivity index (χ0v) is 24.6. The molecule has 3 aromatic rings. The van der Waals surface area contributed by atoms with E-state index in [1.165, 1.54) is 11.3 Å². The Hall–Kier alpha value is -3.25. The minimum Gasteiger partial charge on any atom is -0.496 e. The third-order valence-corrected chi connectivity index (χ3v) is 10.7. The second-order valence-electron chi connectivity index (χ2n) is 10.5. The number of hydrogen-bond acceptors (Lipinski definition) is 10. The van der Waals surface area contributed by atoms with Crippen LogP contribution in [0.4, 0.5) is 10.9 Å². The van der Waals surface area contributed by atoms with Crippen molar-refractivity contribution in [1.29, 1.82) is 0 Å². The van der Waals surface area contributed by atoms with E-state index in [9.17, 15) is 13.8 Å². The van der Waals surface area contributed by atoms with Crippen molar-refractivity contribution < 1.29 is 23.3 Å². The van der Waals surface area contributed by atoms with Crippen molar-refractivity contribution in [2.24, 2.45) is 5.92 Å². The summed E-state index contributed by atoms with van der Waals surface area (Å²) in [5, 5.41) is 2.39. The van der Waals surface area contributed by atoms with Crippen LogP contribution in [0.2, 0.25) is 0 Å². The van der Waals surface area contributed by atoms with Gasteiger partial charge in [0.05, 0.1) is 30.0 Å². The molecule has 0 radical (unpaired) electrons. The van der Waals surface area contributed by atoms with Crippen LogP contribution in [0, 0.1) is 5.92 Å². The first-order valence-corrected chi connectivity index (χ1v) is 15.6. The van der Waals surface area contributed by atoms with Crippen LogP contribution in [0.3, 0.4) is 0 Å². The van der Waals surface area contributed by atoms with E-state index in [1.54, 1.807) is 24.4 Å². The van der Waals surface area contributed by atoms with E-state index in [4.69, 9.17) is 15.2 Å². The lowest BCUT2D eigenvalue weighted by atomic mass is 9.99. The molecule has 3 heterocycles. The maximum absolute atomic E-state index is 13.7. The van der Waals surface area contributed by atoms with Gasteiger partial charge in [-0.05, 0) is 61.3 Å². The predicted molar refractivity (Wildman–Crippen MR) is 156 cm³/mol. The Morgan fingerprint density at radius 3 is 2.73 bits per heavy atom. The summed E-state index contributed by atoms with van der Waals surface area (Å²) in [6, 6.07) is 4.79. The molecule has 2 aromatic heterocycles. The van der Waals surface area contributed by atoms with Crippen molar-refractivity contribution in [3.05, 3.63) is 36.2 Å². The number of pyridine rings is 1. The van der Waals surface area contributed by atoms with Gasteiger partial charge in [0, 0.05) is 44.4 Å². The number of carbonyl (C=O) groups is 2. The Balaban J connectivity index is 1.39. The molecule has 1 saturated carbocycles. The molecule has 12 heteroatoms. The van der Waals surface area contributed by atoms with Gasteiger partial charge in [0.1, 0.15) is 27.9 Å². The summed E-state index contributed by atoms with van der Waals surface area (Å²) in [6.45, 7) is 0.392. The monoisotopic (exact) mass is 585 g/mol. The molecule has 10 nitrogen and oxygen atoms in total. The van der Waals surface area contributed by atoms with Gasteiger partial charge in [0.2, 0.25) is 5.91 Å². The maximum atomic E-state index is 13.7. The van der Waals surface area contributed by atoms with Crippen LogP contribution < -0.4 is 15.4 Å². The van der Waals surface area contributed by atoms with Gasteiger partial charge < -0.3 is 25.0 Å². The SMILES string of the molecule is COc1cc2c(N)nccc2cc1C[C@H](C(=O)OC1CCCC1)N1CCC(CS(=O)c2cnc(N(C)C)s2)C1=O. The van der Waals surface area contributed by atoms with E-state index in [2.05, 4.69) is 9.97 Å². The Bertz CT molecular complexity index is 1420. The molecule has 2 fully saturated rings. The van der Waals surface area contributed by atoms with Crippen LogP contribution in [0.5, 0.6) is 5.75 Å². The number of hydrogen-bond donors (Lipinski definition) is 1. The van der Waals surface area contributed by atoms with Crippen molar-refractivity contribution in [1.82, 2.24) is 14.9 Å². The van der Waals surface area contributed by atoms with Gasteiger partial charge in [-0.1, -0.05) is 11.3 Å². The normalized spacial score (nSPS) is 19.2. The Kier molecular flexibility index (Phi) is 8.55. The summed E-state index contributed by atoms with van der Waals surface area (Å²) in [6.07, 6.45) is 7.61. The van der Waals surface area contributed by atoms with Crippen LogP contribution >= 0.6 is 11.3 Å². The molecule has 0 bridgehead atoms. The van der Waals surface area contributed by atoms with E-state index in [0.29, 0.717) is 28.7 Å². The number of amides is 1. The van der Waals surface area contributed by atoms with Crippen molar-refractivity contribution in [3.8, 4) is 5.75 Å². The largest absolute Gasteiger partial charge is 0.496 e. The summed E-state index contributed by atoms with van der Waals surface area (Å²) in [4.78, 5) is 39.2. The third kappa shape index (κ3) is 5.92. The smallest absolute Gasteiger partial charge is 0.329 e. The highest BCUT2D eigenvalue weighted by atomic mass is 32.2. The van der Waals surface area contributed by atoms with Crippen LogP contribution in [0.15, 0.2) is 34.8 Å². The minimum atomic E-state index is -1.37. The first-order valence-electron chi connectivity index (χ1n) is 13.5. The molecule has 2 aliphatic rings. The summed E-state index contributed by atoms with van der Waals surface area (Å²) < 4.78 is 25.3. The van der Waals surface area contributed by atoms with Gasteiger partial charge >= 0.3 is 5.97 Å². The number of methoxy groups -OCH3 is 1. The number of aromatic nitrogens is 2. The predicted octanol–water partition coefficient (Wildman–Crippen LogP) is 3.40. The lowest BCUT2D eigenvalue weighted by molar-refractivity contribution is -0.158. The third-order valence-electron chi connectivity index (χ3n) is 7.63. The summed E-state index contributed by atoms with van der Waals surface area (Å²) in [5.74, 6) is 0.127. The van der Waals surface area contributed by atoms with Gasteiger partial charge in [-0.25, -0.2) is 14.8 Å². The van der Waals surface area contributed by atoms with Crippen LogP contribution in [-0.2, 0) is 31.5 Å². The van der Waals surface area contributed by atoms with Crippen molar-refractivity contribution in [2.75, 3.05) is 44.1 Å². The van der Waals surface area contributed by atoms with E-state index >= 15 is 0 Å². The highest BCUT2D eigenvalue weighted by molar-refractivity contribution is 7.87. The average molecular weight is 586 g/mol. The van der Waals surface area contributed by atoms with Gasteiger partial charge in [0.15, 0.2) is 5.13 Å². The van der Waals surface area contributed by atoms with E-state index in [-0.39, 0.29) is 24.2 Å². The molecule has 3 atom stereocenters. The van der Waals surface area contributed by atoms with Crippen molar-refractivity contribution in [2.45, 2.75) is 54.9 Å². The lowest BCUT2D eigenvalue weighted by Crippen LogP contribution is -2.46. The fourth-order valence-electron chi connectivity index (χ4n) is 5.45. The summed E-state index contributed by atoms with van der Waals surface area (Å²) >= 11 is 1.36. The number of anilines is 2. The van der Waals surface area contributed by atoms with Crippen LogP contribution in [0.1, 0.15) is 37.7 Å². The van der Waals surface area contributed by atoms with Crippen LogP contribution in [-0.4, -0.2) is 76.6 Å². The number of fused-ring (bicyclic) bond motifs is 1. The number of benzene rings is 1. The summed E-state index contributed by atoms with van der Waals surface area (Å²) in [7, 11) is 3.96. The molecule has 2 N–H and O–H groups in total. The van der Waals surface area contributed by atoms with Gasteiger partial charge in [0.25, 0.3) is 0 Å². The number of thiazole rings is 1. The van der Waals surface area contributed by atoms with Gasteiger partial charge in [-0.15, -0.1) is 0 Å². The number of esters is 1. The van der Waals surface area contributed by atoms with E-state index in [0.717, 1.165) is 47.2 Å². The molecule has 214 valence electrons. The quantitative estimate of drug-likeness (QED) is 0.356. The number of nitrogens with two attached hydrogens (primary N) is 1. The highest BCUT2D eigenvalue weighted by Crippen LogP contribution is 2.33. The number of carbonyl (C=O) groups excluding carboxylic acids is 2. The number of rotatable bonds is 10. The van der Waals surface area contributed by atoms with E-state index in [1.807, 2.05) is 37.2 Å². The molecule has 1 aliphatic carbocycles. The molecule has 0 spiro atoms. The first-order chi connectivity index (χ1) is 19.2. The van der Waals surface area contributed by atoms with E-state index < -0.39 is 28.7 Å². The fourth-order valence-corrected chi connectivity index (χ4v) is 7.84. The molecular formula is C28H35N5O5S2. The zero-order valence-electron chi connectivity index (χ0n) is 23.0. The number of nitrogens with zero attached hydrogens (tertiary/aromatic N) is 4. The second kappa shape index (κ2) is 12.1. The van der Waals surface area contributed by atoms with Crippen LogP contribution in [0.25, 0.3) is 10.8 Å². The zero-order chi connectivity index (χ0) is 28.4. The molecule has 40 heavy (non-hydrogen) atoms. The Labute approximate surface area is 240 Å². The number of likely N-dealkylation sites (tertiary alicyclic amines) is 1. The topological polar surface area (TPSA) is 128 Å². The molecule has 1 amide bonds. The first kappa shape index (κ1) is 28.3. The van der Waals surface area contributed by atoms with Crippen molar-refractivity contribution in [3.63, 3.8) is 0 Å². The number of nitrogen functional groups attached to an aromatic ring is 1. The average Bonchev–Trinajstić information content (AvgIpc) is 3.70. The Morgan fingerprint density at radius 1 is 1.25 bits per heavy atom. The molecule has 1 aromatic carbocycles. The maximum Gasteiger partial charge on any atom is 0.329 e. The van der Waals surface area contributed by atoms with Gasteiger partial charge in [-0.3, -0.25) is 9.00 Å². The fraction of sp³-hybridized carbons (Fsp3) is 0.500. The molecule has 2 unspecified atom stereocenters. The lowest BCUT2D eigenvalue weighted by Gasteiger charge is -2.28. The second-order valence-corrected chi connectivity index (χ2v) is 13.3. The highest BCUT2D eigenvalue weighted by Gasteiger charge is 2.41. The molecule has 1 aliphatic heterocycles.